The van der Waals surface area contributed by atoms with Gasteiger partial charge in [-0.2, -0.15) is 0 Å². The van der Waals surface area contributed by atoms with E-state index in [1.54, 1.807) is 24.3 Å². The smallest absolute Gasteiger partial charge is 0.341 e. The predicted octanol–water partition coefficient (Wildman–Crippen LogP) is 3.47. The van der Waals surface area contributed by atoms with Crippen molar-refractivity contribution in [2.45, 2.75) is 44.5 Å². The van der Waals surface area contributed by atoms with Gasteiger partial charge in [0.1, 0.15) is 0 Å². The fourth-order valence-corrected chi connectivity index (χ4v) is 6.45. The summed E-state index contributed by atoms with van der Waals surface area (Å²) in [6.45, 7) is 0.0268. The van der Waals surface area contributed by atoms with E-state index in [4.69, 9.17) is 15.0 Å². The molecule has 1 aliphatic carbocycles. The Hall–Kier alpha value is -0.910. The SMILES string of the molecule is Cl.NC[C@@H](O)CP(=O)(CC1CCCCC1)OC1OC(=O)c2ccccc21. The lowest BCUT2D eigenvalue weighted by Crippen LogP contribution is -2.26. The van der Waals surface area contributed by atoms with Gasteiger partial charge in [-0.15, -0.1) is 12.4 Å². The van der Waals surface area contributed by atoms with E-state index in [2.05, 4.69) is 0 Å². The maximum Gasteiger partial charge on any atom is 0.341 e. The van der Waals surface area contributed by atoms with Crippen LogP contribution in [0, 0.1) is 5.92 Å². The Morgan fingerprint density at radius 3 is 2.65 bits per heavy atom. The van der Waals surface area contributed by atoms with E-state index in [9.17, 15) is 14.5 Å². The molecule has 3 N–H and O–H groups in total. The molecule has 1 aromatic carbocycles. The number of hydrogen-bond acceptors (Lipinski definition) is 6. The minimum absolute atomic E-state index is 0. The highest BCUT2D eigenvalue weighted by molar-refractivity contribution is 7.59. The van der Waals surface area contributed by atoms with Crippen LogP contribution in [0.25, 0.3) is 0 Å². The molecule has 0 amide bonds. The van der Waals surface area contributed by atoms with Crippen LogP contribution in [0.4, 0.5) is 0 Å². The second kappa shape index (κ2) is 9.34. The van der Waals surface area contributed by atoms with Crippen LogP contribution < -0.4 is 5.73 Å². The third kappa shape index (κ3) is 5.08. The third-order valence-corrected chi connectivity index (χ3v) is 7.58. The molecule has 8 heteroatoms. The molecule has 0 bridgehead atoms. The van der Waals surface area contributed by atoms with Crippen LogP contribution in [0.15, 0.2) is 24.3 Å². The zero-order valence-electron chi connectivity index (χ0n) is 14.7. The topological polar surface area (TPSA) is 98.8 Å². The fraction of sp³-hybridized carbons (Fsp3) is 0.611. The molecule has 3 atom stereocenters. The molecule has 3 rings (SSSR count). The second-order valence-electron chi connectivity index (χ2n) is 7.00. The number of fused-ring (bicyclic) bond motifs is 1. The number of rotatable bonds is 7. The Morgan fingerprint density at radius 2 is 1.96 bits per heavy atom. The summed E-state index contributed by atoms with van der Waals surface area (Å²) in [6.07, 6.45) is 4.05. The molecule has 0 aromatic heterocycles. The van der Waals surface area contributed by atoms with Crippen molar-refractivity contribution in [3.05, 3.63) is 35.4 Å². The Balaban J connectivity index is 0.00000243. The van der Waals surface area contributed by atoms with Gasteiger partial charge >= 0.3 is 5.97 Å². The van der Waals surface area contributed by atoms with Crippen molar-refractivity contribution in [2.75, 3.05) is 18.9 Å². The van der Waals surface area contributed by atoms with E-state index >= 15 is 0 Å². The van der Waals surface area contributed by atoms with Gasteiger partial charge in [0.15, 0.2) is 0 Å². The summed E-state index contributed by atoms with van der Waals surface area (Å²) in [7, 11) is -3.20. The van der Waals surface area contributed by atoms with E-state index < -0.39 is 25.7 Å². The number of esters is 1. The van der Waals surface area contributed by atoms with E-state index in [1.165, 1.54) is 6.42 Å². The van der Waals surface area contributed by atoms with Crippen molar-refractivity contribution in [3.8, 4) is 0 Å². The predicted molar refractivity (Wildman–Crippen MR) is 102 cm³/mol. The number of nitrogens with two attached hydrogens (primary N) is 1. The van der Waals surface area contributed by atoms with Gasteiger partial charge < -0.3 is 15.6 Å². The van der Waals surface area contributed by atoms with Crippen molar-refractivity contribution in [2.24, 2.45) is 11.7 Å². The molecule has 0 radical (unpaired) electrons. The van der Waals surface area contributed by atoms with Gasteiger partial charge in [-0.1, -0.05) is 37.5 Å². The van der Waals surface area contributed by atoms with Crippen molar-refractivity contribution in [1.82, 2.24) is 0 Å². The van der Waals surface area contributed by atoms with Gasteiger partial charge in [0, 0.05) is 18.3 Å². The molecule has 2 aliphatic rings. The number of halogens is 1. The Labute approximate surface area is 160 Å². The second-order valence-corrected chi connectivity index (χ2v) is 9.57. The minimum Gasteiger partial charge on any atom is -0.427 e. The van der Waals surface area contributed by atoms with Crippen molar-refractivity contribution >= 4 is 25.7 Å². The molecule has 1 aliphatic heterocycles. The first kappa shape index (κ1) is 21.4. The van der Waals surface area contributed by atoms with Crippen LogP contribution in [0.1, 0.15) is 54.3 Å². The van der Waals surface area contributed by atoms with Crippen LogP contribution in [0.3, 0.4) is 0 Å². The van der Waals surface area contributed by atoms with Crippen molar-refractivity contribution < 1.29 is 23.7 Å². The summed E-state index contributed by atoms with van der Waals surface area (Å²) in [5.41, 5.74) is 6.54. The zero-order valence-corrected chi connectivity index (χ0v) is 16.4. The largest absolute Gasteiger partial charge is 0.427 e. The fourth-order valence-electron chi connectivity index (χ4n) is 3.68. The van der Waals surface area contributed by atoms with E-state index in [0.29, 0.717) is 23.2 Å². The first-order valence-corrected chi connectivity index (χ1v) is 10.9. The van der Waals surface area contributed by atoms with Gasteiger partial charge in [0.25, 0.3) is 0 Å². The van der Waals surface area contributed by atoms with E-state index in [-0.39, 0.29) is 25.1 Å². The Bertz CT molecular complexity index is 665. The lowest BCUT2D eigenvalue weighted by atomic mass is 9.91. The number of benzene rings is 1. The Kier molecular flexibility index (Phi) is 7.68. The Morgan fingerprint density at radius 1 is 1.27 bits per heavy atom. The summed E-state index contributed by atoms with van der Waals surface area (Å²) in [5.74, 6) is -0.152. The van der Waals surface area contributed by atoms with Crippen LogP contribution in [-0.2, 0) is 13.8 Å². The number of aliphatic hydroxyl groups excluding tert-OH is 1. The number of ether oxygens (including phenoxy) is 1. The first-order valence-electron chi connectivity index (χ1n) is 8.95. The third-order valence-electron chi connectivity index (χ3n) is 4.96. The quantitative estimate of drug-likeness (QED) is 0.534. The standard InChI is InChI=1S/C18H26NO5P.ClH/c19-10-14(20)12-25(22,11-13-6-2-1-3-7-13)24-18-16-9-5-4-8-15(16)17(21)23-18;/h4-5,8-9,13-14,18,20H,1-3,6-7,10-12,19H2;1H/t14-,18?,25?;/m1./s1. The molecular formula is C18H27ClNO5P. The maximum absolute atomic E-state index is 13.5. The summed E-state index contributed by atoms with van der Waals surface area (Å²) >= 11 is 0. The molecular weight excluding hydrogens is 377 g/mol. The lowest BCUT2D eigenvalue weighted by molar-refractivity contribution is -0.0375. The van der Waals surface area contributed by atoms with E-state index in [1.807, 2.05) is 0 Å². The highest BCUT2D eigenvalue weighted by Crippen LogP contribution is 2.55. The molecule has 146 valence electrons. The average molecular weight is 404 g/mol. The summed E-state index contributed by atoms with van der Waals surface area (Å²) in [5, 5.41) is 9.96. The lowest BCUT2D eigenvalue weighted by Gasteiger charge is -2.29. The highest BCUT2D eigenvalue weighted by atomic mass is 35.5. The average Bonchev–Trinajstić information content (AvgIpc) is 2.91. The van der Waals surface area contributed by atoms with Crippen molar-refractivity contribution in [3.63, 3.8) is 0 Å². The van der Waals surface area contributed by atoms with Gasteiger partial charge in [-0.25, -0.2) is 4.79 Å². The van der Waals surface area contributed by atoms with Crippen molar-refractivity contribution in [1.29, 1.82) is 0 Å². The summed E-state index contributed by atoms with van der Waals surface area (Å²) in [6, 6.07) is 6.96. The van der Waals surface area contributed by atoms with E-state index in [0.717, 1.165) is 25.7 Å². The van der Waals surface area contributed by atoms with Gasteiger partial charge in [-0.05, 0) is 24.8 Å². The van der Waals surface area contributed by atoms with Crippen LogP contribution in [0.2, 0.25) is 0 Å². The number of carbonyl (C=O) groups excluding carboxylic acids is 1. The summed E-state index contributed by atoms with van der Waals surface area (Å²) in [4.78, 5) is 12.0. The highest BCUT2D eigenvalue weighted by Gasteiger charge is 2.39. The number of cyclic esters (lactones) is 1. The maximum atomic E-state index is 13.5. The van der Waals surface area contributed by atoms with Crippen LogP contribution in [0.5, 0.6) is 0 Å². The number of hydrogen-bond donors (Lipinski definition) is 2. The molecule has 26 heavy (non-hydrogen) atoms. The minimum atomic E-state index is -3.20. The molecule has 0 spiro atoms. The zero-order chi connectivity index (χ0) is 17.9. The monoisotopic (exact) mass is 403 g/mol. The number of aliphatic hydroxyl groups is 1. The molecule has 1 heterocycles. The molecule has 1 aromatic rings. The molecule has 1 saturated carbocycles. The molecule has 6 nitrogen and oxygen atoms in total. The van der Waals surface area contributed by atoms with Crippen LogP contribution >= 0.6 is 19.8 Å². The first-order chi connectivity index (χ1) is 12.0. The number of carbonyl (C=O) groups is 1. The molecule has 1 fully saturated rings. The van der Waals surface area contributed by atoms with Gasteiger partial charge in [-0.3, -0.25) is 9.09 Å². The van der Waals surface area contributed by atoms with Crippen LogP contribution in [-0.4, -0.2) is 36.0 Å². The van der Waals surface area contributed by atoms with Gasteiger partial charge in [0.05, 0.1) is 17.8 Å². The summed E-state index contributed by atoms with van der Waals surface area (Å²) < 4.78 is 24.6. The normalized spacial score (nSPS) is 23.5. The molecule has 0 saturated heterocycles. The van der Waals surface area contributed by atoms with Gasteiger partial charge in [0.2, 0.25) is 13.7 Å². The molecule has 2 unspecified atom stereocenters.